The van der Waals surface area contributed by atoms with E-state index in [1.54, 1.807) is 12.1 Å². The molecule has 0 spiro atoms. The highest BCUT2D eigenvalue weighted by Gasteiger charge is 2.27. The molecule has 26 heavy (non-hydrogen) atoms. The topological polar surface area (TPSA) is 93.4 Å². The van der Waals surface area contributed by atoms with Crippen LogP contribution in [0.25, 0.3) is 0 Å². The van der Waals surface area contributed by atoms with Gasteiger partial charge in [0.15, 0.2) is 14.9 Å². The van der Waals surface area contributed by atoms with Crippen LogP contribution in [-0.2, 0) is 9.84 Å². The zero-order valence-corrected chi connectivity index (χ0v) is 15.8. The van der Waals surface area contributed by atoms with Gasteiger partial charge in [0.05, 0.1) is 11.5 Å². The van der Waals surface area contributed by atoms with Gasteiger partial charge in [0, 0.05) is 17.9 Å². The van der Waals surface area contributed by atoms with E-state index in [0.717, 1.165) is 5.69 Å². The molecule has 0 aliphatic carbocycles. The van der Waals surface area contributed by atoms with Crippen LogP contribution < -0.4 is 21.1 Å². The van der Waals surface area contributed by atoms with Crippen LogP contribution in [0.5, 0.6) is 11.5 Å². The zero-order chi connectivity index (χ0) is 18.6. The maximum Gasteiger partial charge on any atom is 0.170 e. The van der Waals surface area contributed by atoms with E-state index < -0.39 is 9.84 Å². The number of hydrogen-bond acceptors (Lipinski definition) is 5. The van der Waals surface area contributed by atoms with Crippen LogP contribution in [0.15, 0.2) is 48.5 Å². The molecule has 6 nitrogen and oxygen atoms in total. The minimum atomic E-state index is -2.86. The van der Waals surface area contributed by atoms with Crippen LogP contribution in [0.2, 0.25) is 0 Å². The first-order valence-corrected chi connectivity index (χ1v) is 10.5. The van der Waals surface area contributed by atoms with E-state index in [0.29, 0.717) is 35.3 Å². The van der Waals surface area contributed by atoms with Gasteiger partial charge in [0.1, 0.15) is 11.5 Å². The molecule has 1 aliphatic heterocycles. The van der Waals surface area contributed by atoms with E-state index in [1.807, 2.05) is 36.4 Å². The number of nitrogen functional groups attached to an aromatic ring is 1. The molecular formula is C18H21N3O3S2. The number of benzene rings is 2. The fourth-order valence-electron chi connectivity index (χ4n) is 2.72. The summed E-state index contributed by atoms with van der Waals surface area (Å²) in [5.41, 5.74) is 7.17. The first kappa shape index (κ1) is 18.5. The minimum Gasteiger partial charge on any atom is -0.457 e. The number of hydrogen-bond donors (Lipinski definition) is 3. The van der Waals surface area contributed by atoms with E-state index in [-0.39, 0.29) is 17.4 Å². The van der Waals surface area contributed by atoms with Crippen molar-refractivity contribution in [2.75, 3.05) is 29.1 Å². The van der Waals surface area contributed by atoms with Crippen LogP contribution in [0.3, 0.4) is 0 Å². The summed E-state index contributed by atoms with van der Waals surface area (Å²) in [6.07, 6.45) is 0.690. The van der Waals surface area contributed by atoms with Crippen molar-refractivity contribution < 1.29 is 13.2 Å². The summed E-state index contributed by atoms with van der Waals surface area (Å²) < 4.78 is 28.7. The molecule has 8 heteroatoms. The van der Waals surface area contributed by atoms with Crippen molar-refractivity contribution in [3.8, 4) is 11.5 Å². The molecule has 3 rings (SSSR count). The van der Waals surface area contributed by atoms with Gasteiger partial charge in [-0.15, -0.1) is 0 Å². The number of nitrogens with two attached hydrogens (primary N) is 1. The second kappa shape index (κ2) is 7.92. The maximum absolute atomic E-state index is 11.5. The summed E-state index contributed by atoms with van der Waals surface area (Å²) in [6, 6.07) is 14.6. The van der Waals surface area contributed by atoms with Crippen molar-refractivity contribution in [1.29, 1.82) is 0 Å². The Hall–Kier alpha value is -2.32. The maximum atomic E-state index is 11.5. The second-order valence-electron chi connectivity index (χ2n) is 6.30. The molecule has 0 saturated carbocycles. The molecule has 1 fully saturated rings. The lowest BCUT2D eigenvalue weighted by atomic mass is 10.1. The van der Waals surface area contributed by atoms with Crippen molar-refractivity contribution in [3.63, 3.8) is 0 Å². The van der Waals surface area contributed by atoms with E-state index in [2.05, 4.69) is 10.6 Å². The van der Waals surface area contributed by atoms with E-state index in [4.69, 9.17) is 22.7 Å². The van der Waals surface area contributed by atoms with Crippen molar-refractivity contribution >= 4 is 38.5 Å². The van der Waals surface area contributed by atoms with Crippen LogP contribution in [-0.4, -0.2) is 31.6 Å². The standard InChI is InChI=1S/C18H21N3O3S2/c19-14-1-5-16(6-2-14)24-17-7-3-15(4-8-17)21-18(25)20-11-13-9-10-26(22,23)12-13/h1-8,13H,9-12,19H2,(H2,20,21,25). The number of rotatable bonds is 5. The van der Waals surface area contributed by atoms with E-state index in [9.17, 15) is 8.42 Å². The van der Waals surface area contributed by atoms with Gasteiger partial charge in [0.2, 0.25) is 0 Å². The average molecular weight is 392 g/mol. The largest absolute Gasteiger partial charge is 0.457 e. The summed E-state index contributed by atoms with van der Waals surface area (Å²) in [5, 5.41) is 6.64. The third kappa shape index (κ3) is 5.34. The van der Waals surface area contributed by atoms with Crippen molar-refractivity contribution in [3.05, 3.63) is 48.5 Å². The molecule has 0 aromatic heterocycles. The second-order valence-corrected chi connectivity index (χ2v) is 8.94. The van der Waals surface area contributed by atoms with Crippen molar-refractivity contribution in [1.82, 2.24) is 5.32 Å². The minimum absolute atomic E-state index is 0.121. The highest BCUT2D eigenvalue weighted by Crippen LogP contribution is 2.24. The average Bonchev–Trinajstić information content (AvgIpc) is 2.96. The van der Waals surface area contributed by atoms with Gasteiger partial charge >= 0.3 is 0 Å². The summed E-state index contributed by atoms with van der Waals surface area (Å²) in [5.74, 6) is 2.05. The van der Waals surface area contributed by atoms with Crippen molar-refractivity contribution in [2.24, 2.45) is 5.92 Å². The van der Waals surface area contributed by atoms with Gasteiger partial charge in [0.25, 0.3) is 0 Å². The van der Waals surface area contributed by atoms with Gasteiger partial charge in [-0.05, 0) is 73.1 Å². The Morgan fingerprint density at radius 3 is 2.31 bits per heavy atom. The predicted molar refractivity (Wildman–Crippen MR) is 108 cm³/mol. The fourth-order valence-corrected chi connectivity index (χ4v) is 4.79. The molecule has 2 aromatic carbocycles. The molecule has 1 atom stereocenters. The van der Waals surface area contributed by atoms with Crippen molar-refractivity contribution in [2.45, 2.75) is 6.42 Å². The van der Waals surface area contributed by atoms with Gasteiger partial charge in [-0.2, -0.15) is 0 Å². The summed E-state index contributed by atoms with van der Waals surface area (Å²) in [4.78, 5) is 0. The van der Waals surface area contributed by atoms with Gasteiger partial charge in [-0.3, -0.25) is 0 Å². The molecule has 0 radical (unpaired) electrons. The van der Waals surface area contributed by atoms with Crippen LogP contribution >= 0.6 is 12.2 Å². The quantitative estimate of drug-likeness (QED) is 0.533. The summed E-state index contributed by atoms with van der Waals surface area (Å²) in [6.45, 7) is 0.559. The third-order valence-corrected chi connectivity index (χ3v) is 6.19. The Bertz CT molecular complexity index is 866. The van der Waals surface area contributed by atoms with Gasteiger partial charge < -0.3 is 21.1 Å². The first-order chi connectivity index (χ1) is 12.4. The SMILES string of the molecule is Nc1ccc(Oc2ccc(NC(=S)NCC3CCS(=O)(=O)C3)cc2)cc1. The Labute approximate surface area is 158 Å². The number of sulfone groups is 1. The van der Waals surface area contributed by atoms with Gasteiger partial charge in [-0.25, -0.2) is 8.42 Å². The predicted octanol–water partition coefficient (Wildman–Crippen LogP) is 2.78. The molecule has 1 aliphatic rings. The number of nitrogens with one attached hydrogen (secondary N) is 2. The smallest absolute Gasteiger partial charge is 0.170 e. The molecule has 1 heterocycles. The third-order valence-electron chi connectivity index (χ3n) is 4.11. The normalized spacial score (nSPS) is 18.2. The van der Waals surface area contributed by atoms with Crippen LogP contribution in [0.1, 0.15) is 6.42 Å². The monoisotopic (exact) mass is 391 g/mol. The lowest BCUT2D eigenvalue weighted by Gasteiger charge is -2.14. The molecule has 0 amide bonds. The summed E-state index contributed by atoms with van der Waals surface area (Å²) >= 11 is 5.26. The summed E-state index contributed by atoms with van der Waals surface area (Å²) in [7, 11) is -2.86. The van der Waals surface area contributed by atoms with Gasteiger partial charge in [-0.1, -0.05) is 0 Å². The van der Waals surface area contributed by atoms with E-state index in [1.165, 1.54) is 0 Å². The van der Waals surface area contributed by atoms with E-state index >= 15 is 0 Å². The Morgan fingerprint density at radius 1 is 1.12 bits per heavy atom. The fraction of sp³-hybridized carbons (Fsp3) is 0.278. The highest BCUT2D eigenvalue weighted by molar-refractivity contribution is 7.91. The van der Waals surface area contributed by atoms with Crippen LogP contribution in [0, 0.1) is 5.92 Å². The Balaban J connectivity index is 1.47. The molecular weight excluding hydrogens is 370 g/mol. The lowest BCUT2D eigenvalue weighted by molar-refractivity contribution is 0.483. The molecule has 1 unspecified atom stereocenters. The molecule has 2 aromatic rings. The lowest BCUT2D eigenvalue weighted by Crippen LogP contribution is -2.33. The Morgan fingerprint density at radius 2 is 1.73 bits per heavy atom. The first-order valence-electron chi connectivity index (χ1n) is 8.28. The van der Waals surface area contributed by atoms with Crippen LogP contribution in [0.4, 0.5) is 11.4 Å². The Kier molecular flexibility index (Phi) is 5.63. The zero-order valence-electron chi connectivity index (χ0n) is 14.1. The number of thiocarbonyl (C=S) groups is 1. The molecule has 1 saturated heterocycles. The number of anilines is 2. The molecule has 138 valence electrons. The molecule has 0 bridgehead atoms. The highest BCUT2D eigenvalue weighted by atomic mass is 32.2. The number of ether oxygens (including phenoxy) is 1. The molecule has 4 N–H and O–H groups in total.